The van der Waals surface area contributed by atoms with Gasteiger partial charge in [0.25, 0.3) is 5.91 Å². The van der Waals surface area contributed by atoms with E-state index in [1.54, 1.807) is 0 Å². The molecule has 0 bridgehead atoms. The summed E-state index contributed by atoms with van der Waals surface area (Å²) in [6.07, 6.45) is 1.42. The normalized spacial score (nSPS) is 15.9. The van der Waals surface area contributed by atoms with Crippen LogP contribution in [-0.4, -0.2) is 34.0 Å². The Morgan fingerprint density at radius 2 is 1.79 bits per heavy atom. The summed E-state index contributed by atoms with van der Waals surface area (Å²) in [5.74, 6) is -3.52. The third-order valence-corrected chi connectivity index (χ3v) is 3.06. The van der Waals surface area contributed by atoms with Gasteiger partial charge < -0.3 is 10.0 Å². The van der Waals surface area contributed by atoms with Gasteiger partial charge in [-0.2, -0.15) is 0 Å². The number of carboxylic acid groups (broad SMARTS) is 1. The number of benzene rings is 1. The van der Waals surface area contributed by atoms with Crippen LogP contribution in [-0.2, 0) is 4.79 Å². The fourth-order valence-electron chi connectivity index (χ4n) is 1.96. The van der Waals surface area contributed by atoms with E-state index in [-0.39, 0.29) is 11.6 Å². The summed E-state index contributed by atoms with van der Waals surface area (Å²) in [5, 5.41) is 8.99. The van der Waals surface area contributed by atoms with Gasteiger partial charge in [-0.1, -0.05) is 0 Å². The van der Waals surface area contributed by atoms with Gasteiger partial charge in [-0.05, 0) is 31.9 Å². The largest absolute Gasteiger partial charge is 0.480 e. The van der Waals surface area contributed by atoms with Crippen molar-refractivity contribution in [2.24, 2.45) is 0 Å². The third kappa shape index (κ3) is 2.89. The Bertz CT molecular complexity index is 508. The van der Waals surface area contributed by atoms with E-state index in [1.807, 2.05) is 0 Å². The molecule has 0 heterocycles. The highest BCUT2D eigenvalue weighted by molar-refractivity contribution is 5.97. The molecule has 0 spiro atoms. The first kappa shape index (κ1) is 13.5. The van der Waals surface area contributed by atoms with Gasteiger partial charge in [-0.3, -0.25) is 4.79 Å². The predicted octanol–water partition coefficient (Wildman–Crippen LogP) is 2.04. The van der Waals surface area contributed by atoms with Crippen molar-refractivity contribution >= 4 is 11.9 Å². The molecule has 19 heavy (non-hydrogen) atoms. The van der Waals surface area contributed by atoms with Crippen molar-refractivity contribution in [3.63, 3.8) is 0 Å². The highest BCUT2D eigenvalue weighted by atomic mass is 19.1. The van der Waals surface area contributed by atoms with E-state index in [0.717, 1.165) is 12.1 Å². The lowest BCUT2D eigenvalue weighted by Gasteiger charge is -2.26. The molecular formula is C13H13F2NO3. The van der Waals surface area contributed by atoms with E-state index in [1.165, 1.54) is 11.8 Å². The Morgan fingerprint density at radius 3 is 2.21 bits per heavy atom. The zero-order valence-electron chi connectivity index (χ0n) is 10.3. The van der Waals surface area contributed by atoms with Crippen molar-refractivity contribution < 1.29 is 23.5 Å². The first-order valence-corrected chi connectivity index (χ1v) is 5.91. The van der Waals surface area contributed by atoms with Gasteiger partial charge in [-0.15, -0.1) is 0 Å². The predicted molar refractivity (Wildman–Crippen MR) is 62.6 cm³/mol. The lowest BCUT2D eigenvalue weighted by atomic mass is 10.1. The molecule has 0 saturated heterocycles. The summed E-state index contributed by atoms with van der Waals surface area (Å²) in [6, 6.07) is 1.31. The SMILES string of the molecule is CC(C(=O)O)N(C(=O)c1cc(F)cc(F)c1)C1CC1. The number of rotatable bonds is 4. The van der Waals surface area contributed by atoms with Crippen LogP contribution in [0.25, 0.3) is 0 Å². The molecule has 1 N–H and O–H groups in total. The smallest absolute Gasteiger partial charge is 0.326 e. The van der Waals surface area contributed by atoms with Crippen LogP contribution in [0.4, 0.5) is 8.78 Å². The average Bonchev–Trinajstić information content (AvgIpc) is 3.12. The summed E-state index contributed by atoms with van der Waals surface area (Å²) < 4.78 is 26.2. The molecular weight excluding hydrogens is 256 g/mol. The lowest BCUT2D eigenvalue weighted by Crippen LogP contribution is -2.44. The van der Waals surface area contributed by atoms with Crippen molar-refractivity contribution in [3.8, 4) is 0 Å². The van der Waals surface area contributed by atoms with E-state index < -0.39 is 29.6 Å². The summed E-state index contributed by atoms with van der Waals surface area (Å²) >= 11 is 0. The van der Waals surface area contributed by atoms with Crippen LogP contribution in [0, 0.1) is 11.6 Å². The van der Waals surface area contributed by atoms with E-state index in [2.05, 4.69) is 0 Å². The van der Waals surface area contributed by atoms with Crippen molar-refractivity contribution in [1.29, 1.82) is 0 Å². The van der Waals surface area contributed by atoms with Gasteiger partial charge in [0.1, 0.15) is 17.7 Å². The molecule has 1 saturated carbocycles. The molecule has 1 aliphatic rings. The van der Waals surface area contributed by atoms with Crippen LogP contribution in [0.5, 0.6) is 0 Å². The van der Waals surface area contributed by atoms with E-state index in [4.69, 9.17) is 5.11 Å². The minimum absolute atomic E-state index is 0.162. The Labute approximate surface area is 108 Å². The molecule has 1 amide bonds. The number of hydrogen-bond acceptors (Lipinski definition) is 2. The van der Waals surface area contributed by atoms with Crippen LogP contribution in [0.2, 0.25) is 0 Å². The monoisotopic (exact) mass is 269 g/mol. The van der Waals surface area contributed by atoms with Crippen molar-refractivity contribution in [1.82, 2.24) is 4.90 Å². The van der Waals surface area contributed by atoms with Crippen LogP contribution >= 0.6 is 0 Å². The first-order valence-electron chi connectivity index (χ1n) is 5.91. The average molecular weight is 269 g/mol. The van der Waals surface area contributed by atoms with Gasteiger partial charge in [0, 0.05) is 17.7 Å². The number of halogens is 2. The molecule has 1 aromatic carbocycles. The fraction of sp³-hybridized carbons (Fsp3) is 0.385. The molecule has 6 heteroatoms. The summed E-state index contributed by atoms with van der Waals surface area (Å²) in [5.41, 5.74) is -0.169. The maximum absolute atomic E-state index is 13.1. The highest BCUT2D eigenvalue weighted by Crippen LogP contribution is 2.30. The molecule has 0 aromatic heterocycles. The third-order valence-electron chi connectivity index (χ3n) is 3.06. The van der Waals surface area contributed by atoms with Crippen molar-refractivity contribution in [2.75, 3.05) is 0 Å². The zero-order chi connectivity index (χ0) is 14.2. The summed E-state index contributed by atoms with van der Waals surface area (Å²) in [6.45, 7) is 1.38. The second-order valence-electron chi connectivity index (χ2n) is 4.62. The number of carbonyl (C=O) groups is 2. The molecule has 4 nitrogen and oxygen atoms in total. The van der Waals surface area contributed by atoms with Crippen LogP contribution in [0.3, 0.4) is 0 Å². The van der Waals surface area contributed by atoms with Gasteiger partial charge in [0.05, 0.1) is 0 Å². The molecule has 1 fully saturated rings. The number of hydrogen-bond donors (Lipinski definition) is 1. The van der Waals surface area contributed by atoms with Crippen molar-refractivity contribution in [3.05, 3.63) is 35.4 Å². The Balaban J connectivity index is 2.31. The Kier molecular flexibility index (Phi) is 3.50. The van der Waals surface area contributed by atoms with Crippen LogP contribution in [0.15, 0.2) is 18.2 Å². The van der Waals surface area contributed by atoms with Gasteiger partial charge in [-0.25, -0.2) is 13.6 Å². The van der Waals surface area contributed by atoms with Crippen LogP contribution in [0.1, 0.15) is 30.1 Å². The highest BCUT2D eigenvalue weighted by Gasteiger charge is 2.38. The minimum atomic E-state index is -1.14. The number of carboxylic acids is 1. The zero-order valence-corrected chi connectivity index (χ0v) is 10.3. The molecule has 2 rings (SSSR count). The van der Waals surface area contributed by atoms with Crippen molar-refractivity contribution in [2.45, 2.75) is 31.8 Å². The molecule has 0 aliphatic heterocycles. The Morgan fingerprint density at radius 1 is 1.26 bits per heavy atom. The minimum Gasteiger partial charge on any atom is -0.480 e. The molecule has 1 atom stereocenters. The lowest BCUT2D eigenvalue weighted by molar-refractivity contribution is -0.141. The summed E-state index contributed by atoms with van der Waals surface area (Å²) in [4.78, 5) is 24.4. The second-order valence-corrected chi connectivity index (χ2v) is 4.62. The topological polar surface area (TPSA) is 57.6 Å². The van der Waals surface area contributed by atoms with Crippen LogP contribution < -0.4 is 0 Å². The number of nitrogens with zero attached hydrogens (tertiary/aromatic N) is 1. The first-order chi connectivity index (χ1) is 8.90. The number of aliphatic carboxylic acids is 1. The Hall–Kier alpha value is -1.98. The molecule has 1 unspecified atom stereocenters. The second kappa shape index (κ2) is 4.95. The fourth-order valence-corrected chi connectivity index (χ4v) is 1.96. The quantitative estimate of drug-likeness (QED) is 0.910. The van der Waals surface area contributed by atoms with Gasteiger partial charge in [0.15, 0.2) is 0 Å². The molecule has 1 aliphatic carbocycles. The molecule has 0 radical (unpaired) electrons. The maximum Gasteiger partial charge on any atom is 0.326 e. The molecule has 1 aromatic rings. The standard InChI is InChI=1S/C13H13F2NO3/c1-7(13(18)19)16(11-2-3-11)12(17)8-4-9(14)6-10(15)5-8/h4-7,11H,2-3H2,1H3,(H,18,19). The maximum atomic E-state index is 13.1. The van der Waals surface area contributed by atoms with E-state index in [9.17, 15) is 18.4 Å². The van der Waals surface area contributed by atoms with Gasteiger partial charge >= 0.3 is 5.97 Å². The molecule has 102 valence electrons. The van der Waals surface area contributed by atoms with E-state index in [0.29, 0.717) is 18.9 Å². The van der Waals surface area contributed by atoms with E-state index >= 15 is 0 Å². The number of carbonyl (C=O) groups excluding carboxylic acids is 1. The number of amides is 1. The van der Waals surface area contributed by atoms with Gasteiger partial charge in [0.2, 0.25) is 0 Å². The summed E-state index contributed by atoms with van der Waals surface area (Å²) in [7, 11) is 0.